The smallest absolute Gasteiger partial charge is 0.326 e. The SMILES string of the molecule is NC(N)=NCCC[C@H](NC(=O)[C@H](Cc1ccccc1)NC(=O)[C@@H]1CCCN1C(=O)[C@@H](CO)NC(=O)[C@@H](Cc1ccccc1)NC(=O)CNC(=O)[C@@H]1CCCN1C(=O)[C@@H]1CCCN1)C(=O)O. The van der Waals surface area contributed by atoms with E-state index in [2.05, 4.69) is 36.9 Å². The Morgan fingerprint density at radius 1 is 0.708 bits per heavy atom. The highest BCUT2D eigenvalue weighted by atomic mass is 16.4. The average molecular weight is 904 g/mol. The molecule has 21 nitrogen and oxygen atoms in total. The van der Waals surface area contributed by atoms with Gasteiger partial charge < -0.3 is 63.4 Å². The highest BCUT2D eigenvalue weighted by Crippen LogP contribution is 2.22. The van der Waals surface area contributed by atoms with E-state index in [0.717, 1.165) is 13.0 Å². The highest BCUT2D eigenvalue weighted by Gasteiger charge is 2.41. The summed E-state index contributed by atoms with van der Waals surface area (Å²) in [6.07, 6.45) is 3.42. The van der Waals surface area contributed by atoms with E-state index in [1.807, 2.05) is 0 Å². The third-order valence-electron chi connectivity index (χ3n) is 11.7. The van der Waals surface area contributed by atoms with Gasteiger partial charge in [-0.25, -0.2) is 4.79 Å². The Balaban J connectivity index is 1.23. The number of aliphatic hydroxyl groups is 1. The summed E-state index contributed by atoms with van der Waals surface area (Å²) in [7, 11) is 0. The summed E-state index contributed by atoms with van der Waals surface area (Å²) < 4.78 is 0. The normalized spacial score (nSPS) is 19.8. The molecule has 0 spiro atoms. The molecule has 0 bridgehead atoms. The van der Waals surface area contributed by atoms with Crippen LogP contribution in [-0.2, 0) is 51.2 Å². The molecule has 5 rings (SSSR count). The molecule has 21 heteroatoms. The Kier molecular flexibility index (Phi) is 18.6. The minimum absolute atomic E-state index is 0.00348. The van der Waals surface area contributed by atoms with Gasteiger partial charge in [-0.1, -0.05) is 60.7 Å². The molecule has 3 heterocycles. The maximum absolute atomic E-state index is 14.0. The number of aliphatic hydroxyl groups excluding tert-OH is 1. The zero-order valence-corrected chi connectivity index (χ0v) is 36.3. The Morgan fingerprint density at radius 3 is 1.83 bits per heavy atom. The van der Waals surface area contributed by atoms with Gasteiger partial charge in [-0.05, 0) is 69.0 Å². The fraction of sp³-hybridized carbons (Fsp3) is 0.523. The van der Waals surface area contributed by atoms with Crippen LogP contribution in [0.25, 0.3) is 0 Å². The number of amides is 7. The summed E-state index contributed by atoms with van der Waals surface area (Å²) in [6.45, 7) is 0.0243. The van der Waals surface area contributed by atoms with E-state index in [1.54, 1.807) is 65.6 Å². The standard InChI is InChI=1S/C44H61N11O10/c45-44(46)48-20-8-16-30(43(64)65)51-38(59)32(24-28-13-5-2-6-14-28)52-40(61)35-18-10-22-55(35)42(63)33(26-56)53-37(58)31(23-27-11-3-1-4-12-27)50-36(57)25-49-39(60)34-17-9-21-54(34)41(62)29-15-7-19-47-29/h1-6,11-14,29-35,47,56H,7-10,15-26H2,(H,49,60)(H,50,57)(H,51,59)(H,52,61)(H,53,58)(H,64,65)(H4,45,46,48)/t29-,30-,31+,32-,33+,34-,35-/m0/s1. The van der Waals surface area contributed by atoms with E-state index in [0.29, 0.717) is 43.4 Å². The van der Waals surface area contributed by atoms with Gasteiger partial charge in [-0.3, -0.25) is 38.6 Å². The first kappa shape index (κ1) is 49.4. The van der Waals surface area contributed by atoms with Crippen molar-refractivity contribution in [2.75, 3.05) is 39.3 Å². The first-order valence-corrected chi connectivity index (χ1v) is 22.0. The van der Waals surface area contributed by atoms with E-state index >= 15 is 0 Å². The molecule has 2 aromatic rings. The molecule has 7 atom stereocenters. The number of guanidine groups is 1. The fourth-order valence-corrected chi connectivity index (χ4v) is 8.31. The average Bonchev–Trinajstić information content (AvgIpc) is 4.12. The van der Waals surface area contributed by atoms with Crippen LogP contribution in [0.1, 0.15) is 62.5 Å². The maximum atomic E-state index is 14.0. The minimum Gasteiger partial charge on any atom is -0.480 e. The minimum atomic E-state index is -1.54. The number of rotatable bonds is 22. The third-order valence-corrected chi connectivity index (χ3v) is 11.7. The van der Waals surface area contributed by atoms with Gasteiger partial charge in [-0.15, -0.1) is 0 Å². The number of carboxylic acids is 1. The first-order valence-electron chi connectivity index (χ1n) is 22.0. The molecule has 0 aromatic heterocycles. The second-order valence-electron chi connectivity index (χ2n) is 16.4. The molecule has 0 saturated carbocycles. The predicted octanol–water partition coefficient (Wildman–Crippen LogP) is -2.61. The number of carboxylic acid groups (broad SMARTS) is 1. The van der Waals surface area contributed by atoms with Crippen LogP contribution in [0, 0.1) is 0 Å². The van der Waals surface area contributed by atoms with Crippen LogP contribution < -0.4 is 43.4 Å². The van der Waals surface area contributed by atoms with Gasteiger partial charge in [0.1, 0.15) is 36.3 Å². The molecule has 0 radical (unpaired) electrons. The van der Waals surface area contributed by atoms with Crippen LogP contribution in [0.3, 0.4) is 0 Å². The van der Waals surface area contributed by atoms with Gasteiger partial charge in [0.25, 0.3) is 0 Å². The molecule has 0 aliphatic carbocycles. The second-order valence-corrected chi connectivity index (χ2v) is 16.4. The molecule has 352 valence electrons. The van der Waals surface area contributed by atoms with Gasteiger partial charge in [0.2, 0.25) is 41.4 Å². The predicted molar refractivity (Wildman–Crippen MR) is 236 cm³/mol. The molecule has 3 aliphatic heterocycles. The van der Waals surface area contributed by atoms with Gasteiger partial charge in [0, 0.05) is 32.5 Å². The lowest BCUT2D eigenvalue weighted by Crippen LogP contribution is -2.60. The van der Waals surface area contributed by atoms with Crippen molar-refractivity contribution >= 4 is 53.3 Å². The van der Waals surface area contributed by atoms with Crippen LogP contribution >= 0.6 is 0 Å². The number of carbonyl (C=O) groups is 8. The summed E-state index contributed by atoms with van der Waals surface area (Å²) in [5.41, 5.74) is 12.0. The Morgan fingerprint density at radius 2 is 1.28 bits per heavy atom. The van der Waals surface area contributed by atoms with Crippen LogP contribution in [-0.4, -0.2) is 155 Å². The van der Waals surface area contributed by atoms with E-state index in [4.69, 9.17) is 11.5 Å². The molecule has 3 fully saturated rings. The molecule has 12 N–H and O–H groups in total. The van der Waals surface area contributed by atoms with Crippen LogP contribution in [0.4, 0.5) is 0 Å². The van der Waals surface area contributed by atoms with Crippen LogP contribution in [0.5, 0.6) is 0 Å². The molecule has 7 amide bonds. The topological polar surface area (TPSA) is 320 Å². The Hall–Kier alpha value is -6.61. The second kappa shape index (κ2) is 24.5. The number of hydrogen-bond donors (Lipinski definition) is 10. The maximum Gasteiger partial charge on any atom is 0.326 e. The van der Waals surface area contributed by atoms with Crippen molar-refractivity contribution in [3.63, 3.8) is 0 Å². The van der Waals surface area contributed by atoms with Crippen molar-refractivity contribution < 1.29 is 48.6 Å². The largest absolute Gasteiger partial charge is 0.480 e. The number of aliphatic imine (C=N–C) groups is 1. The molecule has 3 saturated heterocycles. The molecule has 2 aromatic carbocycles. The molecule has 65 heavy (non-hydrogen) atoms. The van der Waals surface area contributed by atoms with Gasteiger partial charge in [0.05, 0.1) is 19.2 Å². The number of aliphatic carboxylic acids is 1. The van der Waals surface area contributed by atoms with Crippen LogP contribution in [0.2, 0.25) is 0 Å². The summed E-state index contributed by atoms with van der Waals surface area (Å²) in [5.74, 6) is -5.87. The van der Waals surface area contributed by atoms with Gasteiger partial charge in [-0.2, -0.15) is 0 Å². The van der Waals surface area contributed by atoms with Crippen molar-refractivity contribution in [2.24, 2.45) is 16.5 Å². The Bertz CT molecular complexity index is 2010. The van der Waals surface area contributed by atoms with Crippen LogP contribution in [0.15, 0.2) is 65.7 Å². The van der Waals surface area contributed by atoms with Crippen molar-refractivity contribution in [3.8, 4) is 0 Å². The fourth-order valence-electron chi connectivity index (χ4n) is 8.31. The quantitative estimate of drug-likeness (QED) is 0.0330. The highest BCUT2D eigenvalue weighted by molar-refractivity contribution is 5.97. The molecular formula is C44H61N11O10. The van der Waals surface area contributed by atoms with E-state index in [9.17, 15) is 48.6 Å². The summed E-state index contributed by atoms with van der Waals surface area (Å²) in [5, 5.41) is 36.4. The lowest BCUT2D eigenvalue weighted by molar-refractivity contribution is -0.144. The lowest BCUT2D eigenvalue weighted by Gasteiger charge is -2.30. The van der Waals surface area contributed by atoms with Gasteiger partial charge >= 0.3 is 5.97 Å². The van der Waals surface area contributed by atoms with Gasteiger partial charge in [0.15, 0.2) is 5.96 Å². The number of hydrogen-bond acceptors (Lipinski definition) is 11. The third kappa shape index (κ3) is 14.4. The summed E-state index contributed by atoms with van der Waals surface area (Å²) >= 11 is 0. The molecular weight excluding hydrogens is 843 g/mol. The number of likely N-dealkylation sites (tertiary alicyclic amines) is 2. The number of nitrogens with zero attached hydrogens (tertiary/aromatic N) is 3. The number of carbonyl (C=O) groups excluding carboxylic acids is 7. The van der Waals surface area contributed by atoms with Crippen molar-refractivity contribution in [1.82, 2.24) is 41.7 Å². The number of nitrogens with two attached hydrogens (primary N) is 2. The number of benzene rings is 2. The monoisotopic (exact) mass is 903 g/mol. The van der Waals surface area contributed by atoms with Crippen molar-refractivity contribution in [1.29, 1.82) is 0 Å². The van der Waals surface area contributed by atoms with Crippen molar-refractivity contribution in [2.45, 2.75) is 107 Å². The van der Waals surface area contributed by atoms with E-state index in [1.165, 1.54) is 4.90 Å². The van der Waals surface area contributed by atoms with Crippen molar-refractivity contribution in [3.05, 3.63) is 71.8 Å². The van der Waals surface area contributed by atoms with E-state index < -0.39 is 90.8 Å². The summed E-state index contributed by atoms with van der Waals surface area (Å²) in [6, 6.07) is 9.92. The summed E-state index contributed by atoms with van der Waals surface area (Å²) in [4.78, 5) is 114. The van der Waals surface area contributed by atoms with E-state index in [-0.39, 0.29) is 63.1 Å². The molecule has 3 aliphatic rings. The Labute approximate surface area is 376 Å². The number of nitrogens with one attached hydrogen (secondary N) is 6. The first-order chi connectivity index (χ1) is 31.2. The lowest BCUT2D eigenvalue weighted by atomic mass is 10.0. The zero-order chi connectivity index (χ0) is 46.9. The zero-order valence-electron chi connectivity index (χ0n) is 36.3. The molecule has 0 unspecified atom stereocenters.